The molecule has 0 fully saturated rings. The molecule has 0 aliphatic rings. The summed E-state index contributed by atoms with van der Waals surface area (Å²) < 4.78 is 12.8. The van der Waals surface area contributed by atoms with E-state index in [1.54, 1.807) is 0 Å². The van der Waals surface area contributed by atoms with E-state index < -0.39 is 0 Å². The van der Waals surface area contributed by atoms with E-state index in [1.165, 1.54) is 10.8 Å². The Morgan fingerprint density at radius 1 is 0.333 bits per heavy atom. The molecule has 0 unspecified atom stereocenters. The normalized spacial score (nSPS) is 11.8. The van der Waals surface area contributed by atoms with Crippen molar-refractivity contribution < 1.29 is 8.83 Å². The van der Waals surface area contributed by atoms with Crippen molar-refractivity contribution in [2.45, 2.75) is 0 Å². The average Bonchev–Trinajstić information content (AvgIpc) is 3.73. The van der Waals surface area contributed by atoms with Crippen LogP contribution in [0.4, 0.5) is 0 Å². The highest BCUT2D eigenvalue weighted by molar-refractivity contribution is 6.14. The van der Waals surface area contributed by atoms with Crippen LogP contribution in [0, 0.1) is 0 Å². The lowest BCUT2D eigenvalue weighted by Crippen LogP contribution is -2.01. The van der Waals surface area contributed by atoms with Crippen molar-refractivity contribution in [1.82, 2.24) is 15.0 Å². The average molecular weight is 616 g/mol. The summed E-state index contributed by atoms with van der Waals surface area (Å²) >= 11 is 0. The Morgan fingerprint density at radius 2 is 0.938 bits per heavy atom. The first-order valence-electron chi connectivity index (χ1n) is 15.9. The van der Waals surface area contributed by atoms with Crippen LogP contribution in [0.3, 0.4) is 0 Å². The zero-order chi connectivity index (χ0) is 31.6. The Morgan fingerprint density at radius 3 is 1.73 bits per heavy atom. The number of aromatic nitrogens is 3. The fourth-order valence-electron chi connectivity index (χ4n) is 6.86. The molecular weight excluding hydrogens is 590 g/mol. The van der Waals surface area contributed by atoms with Crippen LogP contribution in [-0.4, -0.2) is 15.0 Å². The Bertz CT molecular complexity index is 2850. The van der Waals surface area contributed by atoms with Crippen LogP contribution in [0.15, 0.2) is 160 Å². The molecule has 7 aromatic carbocycles. The molecule has 10 aromatic rings. The van der Waals surface area contributed by atoms with Crippen LogP contribution in [-0.2, 0) is 0 Å². The van der Waals surface area contributed by atoms with Crippen molar-refractivity contribution in [2.24, 2.45) is 0 Å². The minimum Gasteiger partial charge on any atom is -0.456 e. The van der Waals surface area contributed by atoms with Gasteiger partial charge in [0.15, 0.2) is 17.5 Å². The minimum atomic E-state index is 0.572. The number of hydrogen-bond donors (Lipinski definition) is 0. The highest BCUT2D eigenvalue weighted by Gasteiger charge is 2.21. The maximum Gasteiger partial charge on any atom is 0.164 e. The first-order chi connectivity index (χ1) is 23.8. The molecule has 0 bridgehead atoms. The van der Waals surface area contributed by atoms with Gasteiger partial charge in [-0.2, -0.15) is 0 Å². The number of fused-ring (bicyclic) bond motifs is 7. The molecule has 48 heavy (non-hydrogen) atoms. The Kier molecular flexibility index (Phi) is 5.81. The third-order valence-electron chi connectivity index (χ3n) is 9.11. The molecule has 3 heterocycles. The largest absolute Gasteiger partial charge is 0.456 e. The van der Waals surface area contributed by atoms with Gasteiger partial charge in [-0.1, -0.05) is 115 Å². The molecule has 0 amide bonds. The number of rotatable bonds is 4. The predicted octanol–water partition coefficient (Wildman–Crippen LogP) is 11.5. The van der Waals surface area contributed by atoms with Gasteiger partial charge in [-0.05, 0) is 58.3 Å². The smallest absolute Gasteiger partial charge is 0.164 e. The number of nitrogens with zero attached hydrogens (tertiary/aromatic N) is 3. The van der Waals surface area contributed by atoms with E-state index in [9.17, 15) is 0 Å². The number of furan rings is 2. The van der Waals surface area contributed by atoms with E-state index in [0.29, 0.717) is 17.5 Å². The van der Waals surface area contributed by atoms with Crippen LogP contribution >= 0.6 is 0 Å². The predicted molar refractivity (Wildman–Crippen MR) is 194 cm³/mol. The molecule has 0 atom stereocenters. The second kappa shape index (κ2) is 10.5. The molecule has 0 saturated heterocycles. The number of hydrogen-bond acceptors (Lipinski definition) is 5. The lowest BCUT2D eigenvalue weighted by atomic mass is 9.96. The summed E-state index contributed by atoms with van der Waals surface area (Å²) in [5, 5.41) is 6.36. The van der Waals surface area contributed by atoms with Gasteiger partial charge < -0.3 is 8.83 Å². The minimum absolute atomic E-state index is 0.572. The molecule has 5 nitrogen and oxygen atoms in total. The number of benzene rings is 7. The topological polar surface area (TPSA) is 65.0 Å². The maximum absolute atomic E-state index is 6.51. The van der Waals surface area contributed by atoms with E-state index in [1.807, 2.05) is 78.9 Å². The monoisotopic (exact) mass is 615 g/mol. The number of para-hydroxylation sites is 2. The first kappa shape index (κ1) is 26.6. The summed E-state index contributed by atoms with van der Waals surface area (Å²) in [4.78, 5) is 15.5. The fourth-order valence-corrected chi connectivity index (χ4v) is 6.86. The third-order valence-corrected chi connectivity index (χ3v) is 9.11. The quantitative estimate of drug-likeness (QED) is 0.197. The van der Waals surface area contributed by atoms with E-state index in [4.69, 9.17) is 23.8 Å². The maximum atomic E-state index is 6.51. The standard InChI is InChI=1S/C43H25N3O2/c1-2-12-27(13-3-1)41-44-42(33-17-10-20-37-39(33)31-15-6-8-18-35(31)47-37)46-43(45-41)34-24-30(29-22-21-26-11-4-5-14-28(26)23-29)25-38-40(34)32-16-7-9-19-36(32)48-38/h1-25H. The van der Waals surface area contributed by atoms with Gasteiger partial charge in [0, 0.05) is 38.2 Å². The zero-order valence-electron chi connectivity index (χ0n) is 25.6. The van der Waals surface area contributed by atoms with Crippen LogP contribution in [0.1, 0.15) is 0 Å². The molecular formula is C43H25N3O2. The van der Waals surface area contributed by atoms with Crippen molar-refractivity contribution in [3.63, 3.8) is 0 Å². The van der Waals surface area contributed by atoms with Crippen LogP contribution in [0.2, 0.25) is 0 Å². The molecule has 0 spiro atoms. The van der Waals surface area contributed by atoms with Crippen molar-refractivity contribution in [3.8, 4) is 45.3 Å². The first-order valence-corrected chi connectivity index (χ1v) is 15.9. The Balaban J connectivity index is 1.29. The van der Waals surface area contributed by atoms with E-state index in [0.717, 1.165) is 71.7 Å². The molecule has 0 radical (unpaired) electrons. The van der Waals surface area contributed by atoms with Crippen LogP contribution < -0.4 is 0 Å². The molecule has 0 aliphatic heterocycles. The van der Waals surface area contributed by atoms with Gasteiger partial charge in [-0.3, -0.25) is 0 Å². The summed E-state index contributed by atoms with van der Waals surface area (Å²) in [6, 6.07) is 51.6. The molecule has 10 rings (SSSR count). The highest BCUT2D eigenvalue weighted by Crippen LogP contribution is 2.41. The second-order valence-corrected chi connectivity index (χ2v) is 12.0. The van der Waals surface area contributed by atoms with Crippen molar-refractivity contribution >= 4 is 54.6 Å². The summed E-state index contributed by atoms with van der Waals surface area (Å²) in [5.41, 5.74) is 8.00. The molecule has 0 aliphatic carbocycles. The second-order valence-electron chi connectivity index (χ2n) is 12.0. The summed E-state index contributed by atoms with van der Waals surface area (Å²) in [6.07, 6.45) is 0. The Labute approximate surface area is 274 Å². The Hall–Kier alpha value is -6.59. The highest BCUT2D eigenvalue weighted by atomic mass is 16.3. The lowest BCUT2D eigenvalue weighted by Gasteiger charge is -2.12. The molecule has 3 aromatic heterocycles. The van der Waals surface area contributed by atoms with Gasteiger partial charge >= 0.3 is 0 Å². The lowest BCUT2D eigenvalue weighted by molar-refractivity contribution is 0.668. The van der Waals surface area contributed by atoms with Crippen molar-refractivity contribution in [3.05, 3.63) is 152 Å². The molecule has 0 N–H and O–H groups in total. The van der Waals surface area contributed by atoms with Gasteiger partial charge in [0.05, 0.1) is 0 Å². The molecule has 0 saturated carbocycles. The van der Waals surface area contributed by atoms with Gasteiger partial charge in [-0.25, -0.2) is 15.0 Å². The van der Waals surface area contributed by atoms with E-state index in [-0.39, 0.29) is 0 Å². The SMILES string of the molecule is c1ccc(-c2nc(-c3cccc4oc5ccccc5c34)nc(-c3cc(-c4ccc5ccccc5c4)cc4oc5ccccc5c34)n2)cc1. The summed E-state index contributed by atoms with van der Waals surface area (Å²) in [6.45, 7) is 0. The van der Waals surface area contributed by atoms with Crippen molar-refractivity contribution in [1.29, 1.82) is 0 Å². The van der Waals surface area contributed by atoms with Crippen LogP contribution in [0.25, 0.3) is 99.9 Å². The summed E-state index contributed by atoms with van der Waals surface area (Å²) in [7, 11) is 0. The fraction of sp³-hybridized carbons (Fsp3) is 0. The third kappa shape index (κ3) is 4.22. The van der Waals surface area contributed by atoms with Crippen molar-refractivity contribution in [2.75, 3.05) is 0 Å². The molecule has 5 heteroatoms. The summed E-state index contributed by atoms with van der Waals surface area (Å²) in [5.74, 6) is 1.74. The van der Waals surface area contributed by atoms with E-state index >= 15 is 0 Å². The van der Waals surface area contributed by atoms with Gasteiger partial charge in [-0.15, -0.1) is 0 Å². The van der Waals surface area contributed by atoms with Gasteiger partial charge in [0.2, 0.25) is 0 Å². The van der Waals surface area contributed by atoms with Crippen LogP contribution in [0.5, 0.6) is 0 Å². The molecule has 224 valence electrons. The van der Waals surface area contributed by atoms with E-state index in [2.05, 4.69) is 72.8 Å². The van der Waals surface area contributed by atoms with Gasteiger partial charge in [0.1, 0.15) is 22.3 Å². The van der Waals surface area contributed by atoms with Gasteiger partial charge in [0.25, 0.3) is 0 Å². The zero-order valence-corrected chi connectivity index (χ0v) is 25.6.